The first-order chi connectivity index (χ1) is 16.0. The Bertz CT molecular complexity index is 1340. The molecule has 0 spiro atoms. The number of hydrogen-bond acceptors (Lipinski definition) is 6. The number of sulfone groups is 1. The summed E-state index contributed by atoms with van der Waals surface area (Å²) in [6.07, 6.45) is 4.70. The SMILES string of the molecule is CCc1ccc2nc(N(Cc3cccnc3)C(=O)CCCS(=O)(=O)c3ccccc3)sc2c1. The maximum Gasteiger partial charge on any atom is 0.229 e. The van der Waals surface area contributed by atoms with Gasteiger partial charge in [0.15, 0.2) is 15.0 Å². The van der Waals surface area contributed by atoms with Crippen molar-refractivity contribution < 1.29 is 13.2 Å². The van der Waals surface area contributed by atoms with Crippen LogP contribution < -0.4 is 4.90 Å². The molecule has 4 aromatic rings. The quantitative estimate of drug-likeness (QED) is 0.336. The minimum absolute atomic E-state index is 0.0802. The van der Waals surface area contributed by atoms with Gasteiger partial charge in [0.2, 0.25) is 5.91 Å². The molecule has 2 aromatic carbocycles. The highest BCUT2D eigenvalue weighted by Gasteiger charge is 2.22. The Hall–Kier alpha value is -3.10. The molecule has 0 atom stereocenters. The number of rotatable bonds is 9. The average molecular weight is 480 g/mol. The van der Waals surface area contributed by atoms with Crippen LogP contribution in [0.4, 0.5) is 5.13 Å². The van der Waals surface area contributed by atoms with E-state index in [2.05, 4.69) is 18.0 Å². The Morgan fingerprint density at radius 2 is 1.85 bits per heavy atom. The highest BCUT2D eigenvalue weighted by Crippen LogP contribution is 2.31. The third kappa shape index (κ3) is 5.64. The number of benzene rings is 2. The van der Waals surface area contributed by atoms with Gasteiger partial charge in [-0.05, 0) is 54.3 Å². The monoisotopic (exact) mass is 479 g/mol. The van der Waals surface area contributed by atoms with Gasteiger partial charge in [0.25, 0.3) is 0 Å². The lowest BCUT2D eigenvalue weighted by Gasteiger charge is -2.20. The number of anilines is 1. The van der Waals surface area contributed by atoms with Crippen LogP contribution >= 0.6 is 11.3 Å². The Morgan fingerprint density at radius 3 is 2.58 bits per heavy atom. The van der Waals surface area contributed by atoms with Crippen LogP contribution in [-0.4, -0.2) is 30.0 Å². The van der Waals surface area contributed by atoms with Crippen molar-refractivity contribution in [1.82, 2.24) is 9.97 Å². The molecule has 0 aliphatic heterocycles. The zero-order valence-corrected chi connectivity index (χ0v) is 20.0. The molecule has 0 aliphatic rings. The summed E-state index contributed by atoms with van der Waals surface area (Å²) < 4.78 is 26.2. The number of aromatic nitrogens is 2. The van der Waals surface area contributed by atoms with Crippen LogP contribution in [0.2, 0.25) is 0 Å². The first-order valence-corrected chi connectivity index (χ1v) is 13.3. The number of amides is 1. The molecule has 0 bridgehead atoms. The molecule has 6 nitrogen and oxygen atoms in total. The Morgan fingerprint density at radius 1 is 1.03 bits per heavy atom. The van der Waals surface area contributed by atoms with Gasteiger partial charge in [-0.15, -0.1) is 0 Å². The van der Waals surface area contributed by atoms with Crippen LogP contribution in [-0.2, 0) is 27.6 Å². The van der Waals surface area contributed by atoms with Gasteiger partial charge >= 0.3 is 0 Å². The third-order valence-electron chi connectivity index (χ3n) is 5.35. The van der Waals surface area contributed by atoms with E-state index < -0.39 is 9.84 Å². The zero-order valence-electron chi connectivity index (χ0n) is 18.3. The average Bonchev–Trinajstić information content (AvgIpc) is 3.26. The second-order valence-corrected chi connectivity index (χ2v) is 10.8. The van der Waals surface area contributed by atoms with Crippen LogP contribution in [0.25, 0.3) is 10.2 Å². The van der Waals surface area contributed by atoms with Gasteiger partial charge in [0.1, 0.15) is 0 Å². The molecule has 8 heteroatoms. The lowest BCUT2D eigenvalue weighted by Crippen LogP contribution is -2.30. The zero-order chi connectivity index (χ0) is 23.3. The molecule has 0 saturated carbocycles. The molecule has 0 radical (unpaired) electrons. The Balaban J connectivity index is 1.54. The molecule has 33 heavy (non-hydrogen) atoms. The van der Waals surface area contributed by atoms with E-state index in [0.717, 1.165) is 22.2 Å². The number of nitrogens with zero attached hydrogens (tertiary/aromatic N) is 3. The summed E-state index contributed by atoms with van der Waals surface area (Å²) in [7, 11) is -3.43. The van der Waals surface area contributed by atoms with Crippen molar-refractivity contribution in [3.8, 4) is 0 Å². The van der Waals surface area contributed by atoms with E-state index in [1.807, 2.05) is 24.3 Å². The van der Waals surface area contributed by atoms with Crippen molar-refractivity contribution in [2.24, 2.45) is 0 Å². The second-order valence-electron chi connectivity index (χ2n) is 7.73. The lowest BCUT2D eigenvalue weighted by molar-refractivity contribution is -0.118. The van der Waals surface area contributed by atoms with Gasteiger partial charge in [-0.1, -0.05) is 48.6 Å². The minimum atomic E-state index is -3.43. The molecule has 170 valence electrons. The van der Waals surface area contributed by atoms with E-state index in [1.54, 1.807) is 47.6 Å². The Kier molecular flexibility index (Phi) is 7.15. The van der Waals surface area contributed by atoms with Crippen molar-refractivity contribution in [3.05, 3.63) is 84.2 Å². The van der Waals surface area contributed by atoms with E-state index in [0.29, 0.717) is 11.7 Å². The van der Waals surface area contributed by atoms with Gasteiger partial charge < -0.3 is 0 Å². The topological polar surface area (TPSA) is 80.2 Å². The molecule has 2 aromatic heterocycles. The summed E-state index contributed by atoms with van der Waals surface area (Å²) in [6.45, 7) is 2.43. The predicted molar refractivity (Wildman–Crippen MR) is 132 cm³/mol. The standard InChI is InChI=1S/C25H25N3O3S2/c1-2-19-12-13-22-23(16-19)32-25(27-22)28(18-20-8-6-14-26-17-20)24(29)11-7-15-33(30,31)21-9-4-3-5-10-21/h3-6,8-10,12-14,16-17H,2,7,11,15,18H2,1H3. The number of carbonyl (C=O) groups is 1. The first kappa shape index (κ1) is 23.1. The number of fused-ring (bicyclic) bond motifs is 1. The predicted octanol–water partition coefficient (Wildman–Crippen LogP) is 5.04. The molecule has 4 rings (SSSR count). The fourth-order valence-electron chi connectivity index (χ4n) is 3.52. The van der Waals surface area contributed by atoms with Crippen LogP contribution in [0.3, 0.4) is 0 Å². The summed E-state index contributed by atoms with van der Waals surface area (Å²) in [5, 5.41) is 0.609. The lowest BCUT2D eigenvalue weighted by atomic mass is 10.2. The molecule has 0 aliphatic carbocycles. The van der Waals surface area contributed by atoms with Crippen LogP contribution in [0.15, 0.2) is 78.0 Å². The summed E-state index contributed by atoms with van der Waals surface area (Å²) in [5.41, 5.74) is 2.95. The fourth-order valence-corrected chi connectivity index (χ4v) is 5.90. The van der Waals surface area contributed by atoms with Gasteiger partial charge in [-0.3, -0.25) is 14.7 Å². The molecule has 0 saturated heterocycles. The van der Waals surface area contributed by atoms with Crippen molar-refractivity contribution >= 4 is 42.4 Å². The number of hydrogen-bond donors (Lipinski definition) is 0. The molecular formula is C25H25N3O3S2. The van der Waals surface area contributed by atoms with E-state index >= 15 is 0 Å². The molecule has 0 fully saturated rings. The maximum atomic E-state index is 13.2. The normalized spacial score (nSPS) is 11.5. The summed E-state index contributed by atoms with van der Waals surface area (Å²) in [6, 6.07) is 18.2. The smallest absolute Gasteiger partial charge is 0.229 e. The van der Waals surface area contributed by atoms with Crippen molar-refractivity contribution in [2.75, 3.05) is 10.7 Å². The van der Waals surface area contributed by atoms with Crippen molar-refractivity contribution in [1.29, 1.82) is 0 Å². The number of aryl methyl sites for hydroxylation is 1. The second kappa shape index (κ2) is 10.2. The summed E-state index contributed by atoms with van der Waals surface area (Å²) >= 11 is 1.47. The Labute approximate surface area is 197 Å². The van der Waals surface area contributed by atoms with Gasteiger partial charge in [-0.2, -0.15) is 0 Å². The molecule has 1 amide bonds. The highest BCUT2D eigenvalue weighted by atomic mass is 32.2. The number of carbonyl (C=O) groups excluding carboxylic acids is 1. The summed E-state index contributed by atoms with van der Waals surface area (Å²) in [5.74, 6) is -0.236. The van der Waals surface area contributed by atoms with Crippen LogP contribution in [0, 0.1) is 0 Å². The van der Waals surface area contributed by atoms with Gasteiger partial charge in [0, 0.05) is 18.8 Å². The first-order valence-electron chi connectivity index (χ1n) is 10.8. The van der Waals surface area contributed by atoms with Gasteiger partial charge in [-0.25, -0.2) is 13.4 Å². The van der Waals surface area contributed by atoms with Crippen LogP contribution in [0.5, 0.6) is 0 Å². The van der Waals surface area contributed by atoms with E-state index in [1.165, 1.54) is 16.9 Å². The fraction of sp³-hybridized carbons (Fsp3) is 0.240. The molecular weight excluding hydrogens is 454 g/mol. The van der Waals surface area contributed by atoms with Gasteiger partial charge in [0.05, 0.1) is 27.4 Å². The number of thiazole rings is 1. The minimum Gasteiger partial charge on any atom is -0.284 e. The summed E-state index contributed by atoms with van der Waals surface area (Å²) in [4.78, 5) is 24.0. The van der Waals surface area contributed by atoms with E-state index in [9.17, 15) is 13.2 Å². The maximum absolute atomic E-state index is 13.2. The molecule has 0 N–H and O–H groups in total. The van der Waals surface area contributed by atoms with E-state index in [4.69, 9.17) is 4.98 Å². The van der Waals surface area contributed by atoms with Crippen molar-refractivity contribution in [2.45, 2.75) is 37.6 Å². The number of pyridine rings is 1. The molecule has 2 heterocycles. The van der Waals surface area contributed by atoms with E-state index in [-0.39, 0.29) is 29.4 Å². The highest BCUT2D eigenvalue weighted by molar-refractivity contribution is 7.91. The van der Waals surface area contributed by atoms with Crippen LogP contribution in [0.1, 0.15) is 30.9 Å². The third-order valence-corrected chi connectivity index (χ3v) is 8.21. The van der Waals surface area contributed by atoms with Crippen molar-refractivity contribution in [3.63, 3.8) is 0 Å². The molecule has 0 unspecified atom stereocenters. The largest absolute Gasteiger partial charge is 0.284 e.